The standard InChI is InChI=1S/C36H27ClFN3O5/c37-20-8-6-19(7-9-20)36-28(34(45)41(35(36)46)40-22-12-10-21(38)11-13-22)17-27-24(15-16-25-29(27)33(44)39-32(25)43)30(36)26-14-5-18-3-1-2-4-23(18)31(26)42/h1-15,25,27-30,40,42H,16-17H2,(H,39,43,44)/t25-,27+,28-,29-,30+,36+/m0/s1. The van der Waals surface area contributed by atoms with Crippen molar-refractivity contribution < 1.29 is 28.7 Å². The summed E-state index contributed by atoms with van der Waals surface area (Å²) in [6.45, 7) is 0. The molecule has 230 valence electrons. The van der Waals surface area contributed by atoms with Crippen LogP contribution in [0.4, 0.5) is 10.1 Å². The van der Waals surface area contributed by atoms with Crippen molar-refractivity contribution in [2.24, 2.45) is 23.7 Å². The van der Waals surface area contributed by atoms with E-state index in [-0.39, 0.29) is 24.5 Å². The van der Waals surface area contributed by atoms with E-state index < -0.39 is 58.5 Å². The molecule has 8 nitrogen and oxygen atoms in total. The number of phenols is 1. The van der Waals surface area contributed by atoms with E-state index in [4.69, 9.17) is 11.6 Å². The molecular formula is C36H27ClFN3O5. The van der Waals surface area contributed by atoms with E-state index in [9.17, 15) is 23.9 Å². The molecule has 3 N–H and O–H groups in total. The Morgan fingerprint density at radius 2 is 1.63 bits per heavy atom. The van der Waals surface area contributed by atoms with Crippen LogP contribution in [0, 0.1) is 29.5 Å². The van der Waals surface area contributed by atoms with Gasteiger partial charge in [0, 0.05) is 21.9 Å². The number of carbonyl (C=O) groups is 4. The Hall–Kier alpha value is -5.02. The van der Waals surface area contributed by atoms with Crippen LogP contribution in [-0.4, -0.2) is 33.7 Å². The maximum Gasteiger partial charge on any atom is 0.260 e. The summed E-state index contributed by atoms with van der Waals surface area (Å²) in [6.07, 6.45) is 2.32. The molecule has 2 saturated heterocycles. The van der Waals surface area contributed by atoms with Crippen LogP contribution in [0.15, 0.2) is 96.6 Å². The second-order valence-electron chi connectivity index (χ2n) is 12.5. The number of carbonyl (C=O) groups excluding carboxylic acids is 4. The monoisotopic (exact) mass is 635 g/mol. The zero-order chi connectivity index (χ0) is 31.9. The van der Waals surface area contributed by atoms with Crippen molar-refractivity contribution in [2.75, 3.05) is 5.43 Å². The van der Waals surface area contributed by atoms with Crippen LogP contribution in [0.3, 0.4) is 0 Å². The highest BCUT2D eigenvalue weighted by atomic mass is 35.5. The van der Waals surface area contributed by atoms with Crippen molar-refractivity contribution in [3.05, 3.63) is 119 Å². The minimum atomic E-state index is -1.57. The molecule has 8 rings (SSSR count). The third kappa shape index (κ3) is 3.91. The number of nitrogens with one attached hydrogen (secondary N) is 2. The third-order valence-electron chi connectivity index (χ3n) is 10.3. The Morgan fingerprint density at radius 1 is 0.891 bits per heavy atom. The number of benzene rings is 4. The van der Waals surface area contributed by atoms with Gasteiger partial charge in [-0.1, -0.05) is 71.8 Å². The summed E-state index contributed by atoms with van der Waals surface area (Å²) in [5.41, 5.74) is 3.36. The van der Waals surface area contributed by atoms with Gasteiger partial charge in [-0.15, -0.1) is 0 Å². The normalized spacial score (nSPS) is 28.4. The molecule has 4 aliphatic rings. The summed E-state index contributed by atoms with van der Waals surface area (Å²) in [7, 11) is 0. The summed E-state index contributed by atoms with van der Waals surface area (Å²) in [5.74, 6) is -6.07. The number of halogens is 2. The average Bonchev–Trinajstić information content (AvgIpc) is 3.47. The highest BCUT2D eigenvalue weighted by Gasteiger charge is 2.70. The molecule has 46 heavy (non-hydrogen) atoms. The highest BCUT2D eigenvalue weighted by molar-refractivity contribution is 6.30. The number of hydrazine groups is 1. The number of hydrogen-bond donors (Lipinski definition) is 3. The van der Waals surface area contributed by atoms with Gasteiger partial charge in [0.2, 0.25) is 11.8 Å². The molecule has 10 heteroatoms. The minimum Gasteiger partial charge on any atom is -0.507 e. The summed E-state index contributed by atoms with van der Waals surface area (Å²) in [6, 6.07) is 23.1. The van der Waals surface area contributed by atoms with Gasteiger partial charge < -0.3 is 5.11 Å². The molecule has 0 unspecified atom stereocenters. The molecule has 3 fully saturated rings. The number of anilines is 1. The Labute approximate surface area is 267 Å². The predicted octanol–water partition coefficient (Wildman–Crippen LogP) is 5.61. The Balaban J connectivity index is 1.40. The molecule has 1 saturated carbocycles. The first-order valence-electron chi connectivity index (χ1n) is 15.1. The fraction of sp³-hybridized carbons (Fsp3) is 0.222. The van der Waals surface area contributed by atoms with Crippen molar-refractivity contribution in [3.63, 3.8) is 0 Å². The van der Waals surface area contributed by atoms with Crippen LogP contribution < -0.4 is 10.7 Å². The van der Waals surface area contributed by atoms with Gasteiger partial charge in [-0.2, -0.15) is 5.01 Å². The van der Waals surface area contributed by atoms with E-state index in [1.54, 1.807) is 36.4 Å². The molecule has 2 aliphatic carbocycles. The fourth-order valence-electron chi connectivity index (χ4n) is 8.42. The van der Waals surface area contributed by atoms with Crippen LogP contribution in [0.2, 0.25) is 5.02 Å². The average molecular weight is 636 g/mol. The molecule has 2 aliphatic heterocycles. The fourth-order valence-corrected chi connectivity index (χ4v) is 8.54. The number of hydrogen-bond acceptors (Lipinski definition) is 6. The van der Waals surface area contributed by atoms with Crippen LogP contribution in [0.5, 0.6) is 5.75 Å². The zero-order valence-electron chi connectivity index (χ0n) is 24.2. The predicted molar refractivity (Wildman–Crippen MR) is 168 cm³/mol. The first-order valence-corrected chi connectivity index (χ1v) is 15.5. The quantitative estimate of drug-likeness (QED) is 0.198. The van der Waals surface area contributed by atoms with Gasteiger partial charge in [-0.05, 0) is 66.1 Å². The van der Waals surface area contributed by atoms with E-state index >= 15 is 4.79 Å². The van der Waals surface area contributed by atoms with Gasteiger partial charge in [-0.25, -0.2) is 4.39 Å². The van der Waals surface area contributed by atoms with Gasteiger partial charge in [0.15, 0.2) is 0 Å². The lowest BCUT2D eigenvalue weighted by molar-refractivity contribution is -0.138. The topological polar surface area (TPSA) is 116 Å². The molecule has 4 aromatic rings. The van der Waals surface area contributed by atoms with Crippen LogP contribution in [-0.2, 0) is 24.6 Å². The number of rotatable bonds is 4. The summed E-state index contributed by atoms with van der Waals surface area (Å²) in [5, 5.41) is 17.2. The molecule has 2 heterocycles. The number of phenolic OH excluding ortho intramolecular Hbond substituents is 1. The molecule has 0 bridgehead atoms. The van der Waals surface area contributed by atoms with Crippen LogP contribution in [0.1, 0.15) is 29.9 Å². The van der Waals surface area contributed by atoms with E-state index in [0.29, 0.717) is 27.2 Å². The van der Waals surface area contributed by atoms with Gasteiger partial charge in [0.1, 0.15) is 11.6 Å². The minimum absolute atomic E-state index is 0.0315. The number of aromatic hydroxyl groups is 1. The maximum atomic E-state index is 15.1. The lowest BCUT2D eigenvalue weighted by atomic mass is 9.49. The zero-order valence-corrected chi connectivity index (χ0v) is 25.0. The summed E-state index contributed by atoms with van der Waals surface area (Å²) in [4.78, 5) is 55.7. The molecule has 0 spiro atoms. The van der Waals surface area contributed by atoms with Crippen molar-refractivity contribution in [3.8, 4) is 5.75 Å². The van der Waals surface area contributed by atoms with Gasteiger partial charge in [-0.3, -0.25) is 29.9 Å². The Morgan fingerprint density at radius 3 is 2.39 bits per heavy atom. The number of imide groups is 2. The largest absolute Gasteiger partial charge is 0.507 e. The molecule has 0 radical (unpaired) electrons. The second kappa shape index (κ2) is 10.3. The number of amides is 4. The molecular weight excluding hydrogens is 609 g/mol. The molecule has 4 amide bonds. The summed E-state index contributed by atoms with van der Waals surface area (Å²) < 4.78 is 13.8. The highest BCUT2D eigenvalue weighted by Crippen LogP contribution is 2.64. The first kappa shape index (κ1) is 28.5. The molecule has 4 aromatic carbocycles. The Kier molecular flexibility index (Phi) is 6.34. The van der Waals surface area contributed by atoms with Crippen LogP contribution >= 0.6 is 11.6 Å². The van der Waals surface area contributed by atoms with E-state index in [1.807, 2.05) is 30.3 Å². The number of allylic oxidation sites excluding steroid dienone is 2. The van der Waals surface area contributed by atoms with E-state index in [0.717, 1.165) is 16.0 Å². The van der Waals surface area contributed by atoms with Crippen LogP contribution in [0.25, 0.3) is 10.8 Å². The smallest absolute Gasteiger partial charge is 0.260 e. The Bertz CT molecular complexity index is 2010. The first-order chi connectivity index (χ1) is 22.2. The maximum absolute atomic E-state index is 15.1. The molecule has 0 aromatic heterocycles. The van der Waals surface area contributed by atoms with Gasteiger partial charge in [0.25, 0.3) is 11.8 Å². The van der Waals surface area contributed by atoms with E-state index in [2.05, 4.69) is 10.7 Å². The van der Waals surface area contributed by atoms with Gasteiger partial charge >= 0.3 is 0 Å². The van der Waals surface area contributed by atoms with Crippen molar-refractivity contribution >= 4 is 51.7 Å². The van der Waals surface area contributed by atoms with Crippen molar-refractivity contribution in [1.82, 2.24) is 10.3 Å². The van der Waals surface area contributed by atoms with Crippen molar-refractivity contribution in [1.29, 1.82) is 0 Å². The number of fused-ring (bicyclic) bond motifs is 5. The lowest BCUT2D eigenvalue weighted by Crippen LogP contribution is -2.53. The third-order valence-corrected chi connectivity index (χ3v) is 10.6. The van der Waals surface area contributed by atoms with E-state index in [1.165, 1.54) is 24.3 Å². The van der Waals surface area contributed by atoms with Gasteiger partial charge in [0.05, 0.1) is 28.9 Å². The molecule has 6 atom stereocenters. The summed E-state index contributed by atoms with van der Waals surface area (Å²) >= 11 is 6.32. The van der Waals surface area contributed by atoms with Crippen molar-refractivity contribution in [2.45, 2.75) is 24.2 Å². The second-order valence-corrected chi connectivity index (χ2v) is 12.9. The SMILES string of the molecule is O=C1NC(=O)[C@H]2CC=C3[C@@H](C[C@H]4C(=O)N(Nc5ccc(F)cc5)C(=O)[C@@]4(c4ccc(Cl)cc4)[C@H]3c3ccc4ccccc4c3O)[C@@H]12. The number of nitrogens with zero attached hydrogens (tertiary/aromatic N) is 1. The lowest BCUT2D eigenvalue weighted by Gasteiger charge is -2.50.